The van der Waals surface area contributed by atoms with Crippen LogP contribution in [0.25, 0.3) is 5.76 Å². The summed E-state index contributed by atoms with van der Waals surface area (Å²) in [5.74, 6) is -0.389. The summed E-state index contributed by atoms with van der Waals surface area (Å²) in [5, 5.41) is 12.4. The molecule has 1 aliphatic heterocycles. The number of aliphatic hydroxyl groups is 1. The lowest BCUT2D eigenvalue weighted by molar-refractivity contribution is 0.0924. The smallest absolute Gasteiger partial charge is 0.266 e. The number of aliphatic hydroxyl groups excluding tert-OH is 1. The summed E-state index contributed by atoms with van der Waals surface area (Å²) in [6.45, 7) is 3.45. The minimum absolute atomic E-state index is 0.121. The molecule has 0 spiro atoms. The van der Waals surface area contributed by atoms with Crippen LogP contribution in [0.5, 0.6) is 17.2 Å². The molecule has 198 valence electrons. The summed E-state index contributed by atoms with van der Waals surface area (Å²) >= 11 is 0. The number of fused-ring (bicyclic) bond motifs is 1. The predicted octanol–water partition coefficient (Wildman–Crippen LogP) is 5.88. The van der Waals surface area contributed by atoms with Gasteiger partial charge in [0.05, 0.1) is 29.5 Å². The third kappa shape index (κ3) is 4.91. The minimum Gasteiger partial charge on any atom is -0.508 e. The summed E-state index contributed by atoms with van der Waals surface area (Å²) < 4.78 is 11.0. The van der Waals surface area contributed by atoms with Gasteiger partial charge in [-0.05, 0) is 78.9 Å². The fraction of sp³-hybridized carbons (Fsp3) is 0.0323. The van der Waals surface area contributed by atoms with Crippen molar-refractivity contribution >= 4 is 41.1 Å². The van der Waals surface area contributed by atoms with Crippen LogP contribution in [0.3, 0.4) is 0 Å². The van der Waals surface area contributed by atoms with E-state index in [1.165, 1.54) is 30.3 Å². The Balaban J connectivity index is 1.33. The van der Waals surface area contributed by atoms with Gasteiger partial charge >= 0.3 is 0 Å². The summed E-state index contributed by atoms with van der Waals surface area (Å²) in [5.41, 5.74) is 1.92. The van der Waals surface area contributed by atoms with Crippen LogP contribution in [-0.4, -0.2) is 36.2 Å². The second kappa shape index (κ2) is 10.6. The highest BCUT2D eigenvalue weighted by atomic mass is 16.5. The Hall–Kier alpha value is -5.70. The number of imide groups is 1. The number of amides is 3. The molecule has 0 saturated heterocycles. The molecule has 0 bridgehead atoms. The highest BCUT2D eigenvalue weighted by molar-refractivity contribution is 6.34. The van der Waals surface area contributed by atoms with Gasteiger partial charge in [0.2, 0.25) is 0 Å². The van der Waals surface area contributed by atoms with Crippen LogP contribution < -0.4 is 19.7 Å². The molecule has 0 saturated carbocycles. The van der Waals surface area contributed by atoms with Crippen molar-refractivity contribution in [3.63, 3.8) is 0 Å². The highest BCUT2D eigenvalue weighted by Gasteiger charge is 2.37. The number of carbonyl (C=O) groups is 4. The third-order valence-corrected chi connectivity index (χ3v) is 6.29. The van der Waals surface area contributed by atoms with E-state index in [-0.39, 0.29) is 28.0 Å². The minimum atomic E-state index is -0.520. The monoisotopic (exact) mass is 534 g/mol. The molecule has 9 heteroatoms. The maximum atomic E-state index is 13.0. The number of rotatable bonds is 8. The van der Waals surface area contributed by atoms with Gasteiger partial charge < -0.3 is 19.9 Å². The normalized spacial score (nSPS) is 12.1. The van der Waals surface area contributed by atoms with Gasteiger partial charge in [0.25, 0.3) is 17.7 Å². The van der Waals surface area contributed by atoms with Crippen LogP contribution in [-0.2, 0) is 0 Å². The van der Waals surface area contributed by atoms with Crippen LogP contribution >= 0.6 is 0 Å². The quantitative estimate of drug-likeness (QED) is 0.164. The van der Waals surface area contributed by atoms with Crippen molar-refractivity contribution in [2.45, 2.75) is 0 Å². The van der Waals surface area contributed by atoms with E-state index in [0.717, 1.165) is 4.90 Å². The van der Waals surface area contributed by atoms with Crippen molar-refractivity contribution in [1.29, 1.82) is 0 Å². The van der Waals surface area contributed by atoms with Crippen molar-refractivity contribution in [1.82, 2.24) is 0 Å². The van der Waals surface area contributed by atoms with Gasteiger partial charge in [-0.1, -0.05) is 12.6 Å². The summed E-state index contributed by atoms with van der Waals surface area (Å²) in [6.07, 6.45) is 0.586. The van der Waals surface area contributed by atoms with Gasteiger partial charge in [-0.15, -0.1) is 0 Å². The van der Waals surface area contributed by atoms with Gasteiger partial charge in [0, 0.05) is 16.8 Å². The first kappa shape index (κ1) is 25.9. The fourth-order valence-electron chi connectivity index (χ4n) is 4.23. The molecule has 4 aromatic rings. The fourth-order valence-corrected chi connectivity index (χ4v) is 4.23. The van der Waals surface area contributed by atoms with Gasteiger partial charge in [-0.3, -0.25) is 19.2 Å². The molecule has 0 atom stereocenters. The number of aldehydes is 1. The van der Waals surface area contributed by atoms with Crippen LogP contribution in [0.15, 0.2) is 91.5 Å². The summed E-state index contributed by atoms with van der Waals surface area (Å²) in [6, 6.07) is 21.9. The Labute approximate surface area is 228 Å². The Morgan fingerprint density at radius 2 is 1.50 bits per heavy atom. The van der Waals surface area contributed by atoms with Gasteiger partial charge in [0.15, 0.2) is 6.29 Å². The number of anilines is 2. The molecule has 0 fully saturated rings. The molecule has 0 aliphatic carbocycles. The molecule has 4 aromatic carbocycles. The number of hydrogen-bond acceptors (Lipinski definition) is 7. The molecule has 9 nitrogen and oxygen atoms in total. The van der Waals surface area contributed by atoms with Crippen LogP contribution in [0.4, 0.5) is 11.4 Å². The second-order valence-corrected chi connectivity index (χ2v) is 8.80. The average Bonchev–Trinajstić information content (AvgIpc) is 3.22. The molecule has 0 unspecified atom stereocenters. The maximum Gasteiger partial charge on any atom is 0.266 e. The zero-order chi connectivity index (χ0) is 28.4. The molecule has 1 heterocycles. The van der Waals surface area contributed by atoms with Crippen molar-refractivity contribution in [3.05, 3.63) is 119 Å². The lowest BCUT2D eigenvalue weighted by Crippen LogP contribution is -2.29. The SMILES string of the molecule is C=C(O)c1ccc2c(c1)C(=O)N(c1ccc(Oc3ccc(C=O)c(C(=O)Nc4ccc(OC)cc4)c3)cc1)C2=O. The first-order valence-corrected chi connectivity index (χ1v) is 12.0. The van der Waals surface area contributed by atoms with Gasteiger partial charge in [-0.25, -0.2) is 4.90 Å². The molecule has 2 N–H and O–H groups in total. The third-order valence-electron chi connectivity index (χ3n) is 6.29. The number of methoxy groups -OCH3 is 1. The molecular formula is C31H22N2O7. The van der Waals surface area contributed by atoms with E-state index in [4.69, 9.17) is 9.47 Å². The van der Waals surface area contributed by atoms with Crippen LogP contribution in [0.2, 0.25) is 0 Å². The maximum absolute atomic E-state index is 13.0. The van der Waals surface area contributed by atoms with Crippen LogP contribution in [0.1, 0.15) is 47.0 Å². The molecule has 1 aliphatic rings. The molecule has 3 amide bonds. The van der Waals surface area contributed by atoms with Gasteiger partial charge in [-0.2, -0.15) is 0 Å². The zero-order valence-electron chi connectivity index (χ0n) is 21.2. The lowest BCUT2D eigenvalue weighted by atomic mass is 10.1. The van der Waals surface area contributed by atoms with Crippen molar-refractivity contribution in [2.75, 3.05) is 17.3 Å². The molecule has 5 rings (SSSR count). The summed E-state index contributed by atoms with van der Waals surface area (Å²) in [4.78, 5) is 51.4. The number of benzene rings is 4. The Bertz CT molecular complexity index is 1680. The zero-order valence-corrected chi connectivity index (χ0v) is 21.2. The van der Waals surface area contributed by atoms with E-state index in [9.17, 15) is 24.3 Å². The lowest BCUT2D eigenvalue weighted by Gasteiger charge is -2.15. The van der Waals surface area contributed by atoms with E-state index in [2.05, 4.69) is 11.9 Å². The summed E-state index contributed by atoms with van der Waals surface area (Å²) in [7, 11) is 1.54. The van der Waals surface area contributed by atoms with E-state index >= 15 is 0 Å². The molecule has 0 aromatic heterocycles. The number of ether oxygens (including phenoxy) is 2. The van der Waals surface area contributed by atoms with Crippen molar-refractivity contribution in [3.8, 4) is 17.2 Å². The first-order valence-electron chi connectivity index (χ1n) is 12.0. The largest absolute Gasteiger partial charge is 0.508 e. The number of nitrogens with zero attached hydrogens (tertiary/aromatic N) is 1. The first-order chi connectivity index (χ1) is 19.3. The number of hydrogen-bond donors (Lipinski definition) is 2. The van der Waals surface area contributed by atoms with Gasteiger partial charge in [0.1, 0.15) is 23.0 Å². The average molecular weight is 535 g/mol. The van der Waals surface area contributed by atoms with Crippen molar-refractivity contribution in [2.24, 2.45) is 0 Å². The van der Waals surface area contributed by atoms with E-state index in [1.54, 1.807) is 61.7 Å². The molecule has 0 radical (unpaired) electrons. The predicted molar refractivity (Wildman–Crippen MR) is 149 cm³/mol. The van der Waals surface area contributed by atoms with E-state index < -0.39 is 17.7 Å². The highest BCUT2D eigenvalue weighted by Crippen LogP contribution is 2.32. The molecular weight excluding hydrogens is 512 g/mol. The topological polar surface area (TPSA) is 122 Å². The number of nitrogens with one attached hydrogen (secondary N) is 1. The van der Waals surface area contributed by atoms with Crippen LogP contribution in [0, 0.1) is 0 Å². The van der Waals surface area contributed by atoms with Crippen molar-refractivity contribution < 1.29 is 33.8 Å². The Morgan fingerprint density at radius 3 is 2.15 bits per heavy atom. The van der Waals surface area contributed by atoms with E-state index in [1.807, 2.05) is 0 Å². The standard InChI is InChI=1S/C31H22N2O7/c1-18(35)19-4-14-26-28(15-19)31(38)33(30(26)37)22-7-12-24(13-8-22)40-25-9-3-20(17-34)27(16-25)29(36)32-21-5-10-23(39-2)11-6-21/h3-17,35H,1H2,2H3,(H,32,36). The Morgan fingerprint density at radius 1 is 0.850 bits per heavy atom. The molecule has 40 heavy (non-hydrogen) atoms. The Kier molecular flexibility index (Phi) is 6.86. The number of carbonyl (C=O) groups excluding carboxylic acids is 4. The second-order valence-electron chi connectivity index (χ2n) is 8.80. The van der Waals surface area contributed by atoms with E-state index in [0.29, 0.717) is 40.5 Å².